The van der Waals surface area contributed by atoms with Gasteiger partial charge in [-0.2, -0.15) is 0 Å². The summed E-state index contributed by atoms with van der Waals surface area (Å²) in [7, 11) is 0. The van der Waals surface area contributed by atoms with Crippen molar-refractivity contribution in [2.24, 2.45) is 10.7 Å². The molecule has 2 N–H and O–H groups in total. The highest BCUT2D eigenvalue weighted by atomic mass is 16.5. The molecule has 0 radical (unpaired) electrons. The Morgan fingerprint density at radius 1 is 1.10 bits per heavy atom. The molecule has 114 valence electrons. The van der Waals surface area contributed by atoms with Crippen LogP contribution in [0.4, 0.5) is 0 Å². The first-order valence-corrected chi connectivity index (χ1v) is 8.35. The smallest absolute Gasteiger partial charge is 0.192 e. The second-order valence-electron chi connectivity index (χ2n) is 7.08. The zero-order valence-electron chi connectivity index (χ0n) is 13.0. The summed E-state index contributed by atoms with van der Waals surface area (Å²) in [6, 6.07) is 0.598. The first kappa shape index (κ1) is 14.2. The fourth-order valence-electron chi connectivity index (χ4n) is 4.69. The van der Waals surface area contributed by atoms with E-state index in [0.29, 0.717) is 18.2 Å². The lowest BCUT2D eigenvalue weighted by molar-refractivity contribution is -0.0910. The highest BCUT2D eigenvalue weighted by Gasteiger charge is 2.49. The highest BCUT2D eigenvalue weighted by Crippen LogP contribution is 2.40. The molecule has 0 aromatic heterocycles. The third-order valence-electron chi connectivity index (χ3n) is 5.28. The molecule has 1 saturated heterocycles. The fraction of sp³-hybridized carbons (Fsp3) is 0.938. The Morgan fingerprint density at radius 2 is 1.70 bits per heavy atom. The number of hydrogen-bond donors (Lipinski definition) is 1. The van der Waals surface area contributed by atoms with Crippen LogP contribution in [0.5, 0.6) is 0 Å². The van der Waals surface area contributed by atoms with Gasteiger partial charge in [-0.05, 0) is 39.5 Å². The molecule has 1 spiro atoms. The van der Waals surface area contributed by atoms with Gasteiger partial charge in [0, 0.05) is 6.04 Å². The fourth-order valence-corrected chi connectivity index (χ4v) is 4.69. The predicted molar refractivity (Wildman–Crippen MR) is 81.8 cm³/mol. The molecule has 2 aliphatic heterocycles. The Hall–Kier alpha value is -0.770. The molecule has 1 aliphatic carbocycles. The number of aliphatic imine (C=N–C) groups is 1. The largest absolute Gasteiger partial charge is 0.375 e. The van der Waals surface area contributed by atoms with Crippen LogP contribution in [0.25, 0.3) is 0 Å². The van der Waals surface area contributed by atoms with Crippen LogP contribution in [-0.2, 0) is 4.74 Å². The summed E-state index contributed by atoms with van der Waals surface area (Å²) in [6.45, 7) is 5.25. The summed E-state index contributed by atoms with van der Waals surface area (Å²) in [4.78, 5) is 7.14. The first-order valence-electron chi connectivity index (χ1n) is 8.35. The minimum atomic E-state index is 0.135. The van der Waals surface area contributed by atoms with Gasteiger partial charge in [0.05, 0.1) is 24.3 Å². The maximum Gasteiger partial charge on any atom is 0.192 e. The van der Waals surface area contributed by atoms with E-state index in [1.54, 1.807) is 0 Å². The number of guanidine groups is 1. The molecule has 2 heterocycles. The lowest BCUT2D eigenvalue weighted by atomic mass is 9.81. The topological polar surface area (TPSA) is 50.8 Å². The molecule has 2 unspecified atom stereocenters. The van der Waals surface area contributed by atoms with Gasteiger partial charge < -0.3 is 15.4 Å². The molecule has 0 bridgehead atoms. The van der Waals surface area contributed by atoms with Gasteiger partial charge in [0.2, 0.25) is 0 Å². The van der Waals surface area contributed by atoms with E-state index in [0.717, 1.165) is 25.3 Å². The van der Waals surface area contributed by atoms with Crippen molar-refractivity contribution in [2.75, 3.05) is 6.54 Å². The monoisotopic (exact) mass is 279 g/mol. The van der Waals surface area contributed by atoms with Crippen molar-refractivity contribution in [1.82, 2.24) is 4.90 Å². The Labute approximate surface area is 122 Å². The number of nitrogens with zero attached hydrogens (tertiary/aromatic N) is 2. The molecule has 1 saturated carbocycles. The van der Waals surface area contributed by atoms with Crippen molar-refractivity contribution in [3.8, 4) is 0 Å². The van der Waals surface area contributed by atoms with Crippen LogP contribution in [0.1, 0.15) is 65.2 Å². The molecule has 0 aromatic rings. The molecular weight excluding hydrogens is 250 g/mol. The maximum atomic E-state index is 6.29. The predicted octanol–water partition coefficient (Wildman–Crippen LogP) is 2.67. The zero-order valence-corrected chi connectivity index (χ0v) is 13.0. The van der Waals surface area contributed by atoms with Gasteiger partial charge in [-0.1, -0.05) is 25.7 Å². The van der Waals surface area contributed by atoms with Crippen molar-refractivity contribution in [3.05, 3.63) is 0 Å². The summed E-state index contributed by atoms with van der Waals surface area (Å²) in [5, 5.41) is 0. The van der Waals surface area contributed by atoms with E-state index < -0.39 is 0 Å². The number of hydrogen-bond acceptors (Lipinski definition) is 4. The molecule has 0 amide bonds. The molecule has 2 atom stereocenters. The van der Waals surface area contributed by atoms with E-state index in [1.165, 1.54) is 38.5 Å². The summed E-state index contributed by atoms with van der Waals surface area (Å²) < 4.78 is 5.95. The third kappa shape index (κ3) is 2.54. The molecular formula is C16H29N3O. The lowest BCUT2D eigenvalue weighted by Crippen LogP contribution is -2.60. The molecule has 0 aromatic carbocycles. The number of nitrogens with two attached hydrogens (primary N) is 1. The van der Waals surface area contributed by atoms with Crippen molar-refractivity contribution in [2.45, 2.75) is 89.0 Å². The second kappa shape index (κ2) is 5.55. The van der Waals surface area contributed by atoms with Crippen molar-refractivity contribution in [1.29, 1.82) is 0 Å². The third-order valence-corrected chi connectivity index (χ3v) is 5.28. The molecule has 4 heteroatoms. The van der Waals surface area contributed by atoms with Gasteiger partial charge in [0.1, 0.15) is 0 Å². The molecule has 20 heavy (non-hydrogen) atoms. The zero-order chi connectivity index (χ0) is 14.2. The molecule has 4 nitrogen and oxygen atoms in total. The van der Waals surface area contributed by atoms with E-state index in [1.807, 2.05) is 0 Å². The van der Waals surface area contributed by atoms with Crippen molar-refractivity contribution < 1.29 is 4.74 Å². The standard InChI is InChI=1S/C16H29N3O/c1-12-9-16(10-13(2)20-12)11-18-15(17)19(16)14-7-5-3-4-6-8-14/h12-14H,3-11H2,1-2H3,(H2,17,18). The Bertz CT molecular complexity index is 364. The molecule has 2 fully saturated rings. The quantitative estimate of drug-likeness (QED) is 0.751. The minimum Gasteiger partial charge on any atom is -0.375 e. The average molecular weight is 279 g/mol. The lowest BCUT2D eigenvalue weighted by Gasteiger charge is -2.49. The van der Waals surface area contributed by atoms with Gasteiger partial charge in [-0.25, -0.2) is 0 Å². The SMILES string of the molecule is CC1CC2(CN=C(N)N2C2CCCCCC2)CC(C)O1. The second-order valence-corrected chi connectivity index (χ2v) is 7.08. The van der Waals surface area contributed by atoms with Gasteiger partial charge in [-0.3, -0.25) is 4.99 Å². The average Bonchev–Trinajstić information content (AvgIpc) is 2.57. The minimum absolute atomic E-state index is 0.135. The Morgan fingerprint density at radius 3 is 2.30 bits per heavy atom. The Kier molecular flexibility index (Phi) is 3.93. The van der Waals surface area contributed by atoms with Crippen molar-refractivity contribution >= 4 is 5.96 Å². The van der Waals surface area contributed by atoms with E-state index in [-0.39, 0.29) is 5.54 Å². The van der Waals surface area contributed by atoms with Crippen LogP contribution < -0.4 is 5.73 Å². The normalized spacial score (nSPS) is 39.9. The number of ether oxygens (including phenoxy) is 1. The van der Waals surface area contributed by atoms with Gasteiger partial charge in [-0.15, -0.1) is 0 Å². The van der Waals surface area contributed by atoms with Crippen LogP contribution in [0, 0.1) is 0 Å². The number of rotatable bonds is 1. The maximum absolute atomic E-state index is 6.29. The van der Waals surface area contributed by atoms with Gasteiger partial charge >= 0.3 is 0 Å². The van der Waals surface area contributed by atoms with Crippen LogP contribution in [0.3, 0.4) is 0 Å². The van der Waals surface area contributed by atoms with Crippen LogP contribution >= 0.6 is 0 Å². The van der Waals surface area contributed by atoms with Crippen LogP contribution in [0.2, 0.25) is 0 Å². The van der Waals surface area contributed by atoms with Gasteiger partial charge in [0.15, 0.2) is 5.96 Å². The molecule has 3 rings (SSSR count). The van der Waals surface area contributed by atoms with E-state index in [2.05, 4.69) is 23.7 Å². The molecule has 3 aliphatic rings. The highest BCUT2D eigenvalue weighted by molar-refractivity contribution is 5.81. The summed E-state index contributed by atoms with van der Waals surface area (Å²) in [6.07, 6.45) is 10.8. The van der Waals surface area contributed by atoms with Gasteiger partial charge in [0.25, 0.3) is 0 Å². The van der Waals surface area contributed by atoms with Crippen molar-refractivity contribution in [3.63, 3.8) is 0 Å². The summed E-state index contributed by atoms with van der Waals surface area (Å²) in [5.41, 5.74) is 6.43. The Balaban J connectivity index is 1.83. The van der Waals surface area contributed by atoms with E-state index in [9.17, 15) is 0 Å². The van der Waals surface area contributed by atoms with Crippen LogP contribution in [0.15, 0.2) is 4.99 Å². The van der Waals surface area contributed by atoms with E-state index >= 15 is 0 Å². The summed E-state index contributed by atoms with van der Waals surface area (Å²) >= 11 is 0. The van der Waals surface area contributed by atoms with E-state index in [4.69, 9.17) is 10.5 Å². The first-order chi connectivity index (χ1) is 9.61. The summed E-state index contributed by atoms with van der Waals surface area (Å²) in [5.74, 6) is 0.790. The van der Waals surface area contributed by atoms with Crippen LogP contribution in [-0.4, -0.2) is 41.2 Å².